The molecule has 0 aliphatic carbocycles. The summed E-state index contributed by atoms with van der Waals surface area (Å²) >= 11 is 1.48. The average molecular weight is 434 g/mol. The van der Waals surface area contributed by atoms with Crippen LogP contribution in [0.2, 0.25) is 0 Å². The molecule has 2 aromatic heterocycles. The Labute approximate surface area is 186 Å². The van der Waals surface area contributed by atoms with Gasteiger partial charge in [-0.3, -0.25) is 9.20 Å². The molecule has 2 atom stereocenters. The van der Waals surface area contributed by atoms with Crippen molar-refractivity contribution in [3.05, 3.63) is 60.2 Å². The Balaban J connectivity index is 1.43. The van der Waals surface area contributed by atoms with E-state index < -0.39 is 0 Å². The molecule has 1 fully saturated rings. The number of likely N-dealkylation sites (tertiary alicyclic amines) is 1. The Morgan fingerprint density at radius 3 is 2.39 bits per heavy atom. The number of piperidine rings is 1. The van der Waals surface area contributed by atoms with Crippen molar-refractivity contribution in [2.24, 2.45) is 11.8 Å². The number of amides is 1. The summed E-state index contributed by atoms with van der Waals surface area (Å²) in [4.78, 5) is 14.9. The van der Waals surface area contributed by atoms with Gasteiger partial charge >= 0.3 is 0 Å². The van der Waals surface area contributed by atoms with Gasteiger partial charge in [-0.25, -0.2) is 0 Å². The summed E-state index contributed by atoms with van der Waals surface area (Å²) in [5.41, 5.74) is 3.39. The first kappa shape index (κ1) is 20.1. The Hall–Kier alpha value is -2.80. The minimum Gasteiger partial charge on any atom is -0.341 e. The van der Waals surface area contributed by atoms with Crippen LogP contribution in [0.1, 0.15) is 25.8 Å². The smallest absolute Gasteiger partial charge is 0.237 e. The SMILES string of the molecule is C[C@H]1C[C@H](C)CN(C(=O)CSc2nnc3n(Cc4ccccc4)c4ccccc4n23)C1. The Bertz CT molecular complexity index is 1200. The molecule has 0 N–H and O–H groups in total. The van der Waals surface area contributed by atoms with Crippen LogP contribution in [0, 0.1) is 11.8 Å². The van der Waals surface area contributed by atoms with Crippen LogP contribution >= 0.6 is 11.8 Å². The first-order valence-electron chi connectivity index (χ1n) is 10.9. The third-order valence-corrected chi connectivity index (χ3v) is 6.91. The van der Waals surface area contributed by atoms with E-state index in [1.807, 2.05) is 23.1 Å². The number of benzene rings is 2. The van der Waals surface area contributed by atoms with E-state index in [0.717, 1.165) is 41.6 Å². The molecule has 0 spiro atoms. The molecule has 1 aliphatic heterocycles. The summed E-state index contributed by atoms with van der Waals surface area (Å²) in [5.74, 6) is 2.51. The van der Waals surface area contributed by atoms with Gasteiger partial charge in [-0.1, -0.05) is 68.1 Å². The second-order valence-electron chi connectivity index (χ2n) is 8.71. The Kier molecular flexibility index (Phi) is 5.44. The summed E-state index contributed by atoms with van der Waals surface area (Å²) < 4.78 is 4.27. The maximum atomic E-state index is 12.9. The molecule has 0 bridgehead atoms. The van der Waals surface area contributed by atoms with Crippen molar-refractivity contribution in [3.63, 3.8) is 0 Å². The van der Waals surface area contributed by atoms with E-state index in [1.54, 1.807) is 0 Å². The highest BCUT2D eigenvalue weighted by molar-refractivity contribution is 7.99. The largest absolute Gasteiger partial charge is 0.341 e. The molecule has 3 heterocycles. The molecular weight excluding hydrogens is 406 g/mol. The molecule has 1 aliphatic rings. The van der Waals surface area contributed by atoms with Crippen LogP contribution in [0.15, 0.2) is 59.8 Å². The van der Waals surface area contributed by atoms with Crippen LogP contribution in [0.5, 0.6) is 0 Å². The van der Waals surface area contributed by atoms with Gasteiger partial charge in [-0.15, -0.1) is 10.2 Å². The lowest BCUT2D eigenvalue weighted by molar-refractivity contribution is -0.130. The zero-order valence-electron chi connectivity index (χ0n) is 17.9. The average Bonchev–Trinajstić information content (AvgIpc) is 3.32. The van der Waals surface area contributed by atoms with Crippen LogP contribution < -0.4 is 0 Å². The standard InChI is InChI=1S/C24H27N5OS/c1-17-12-18(2)14-27(13-17)22(30)16-31-24-26-25-23-28(15-19-8-4-3-5-9-19)20-10-6-7-11-21(20)29(23)24/h3-11,17-18H,12-16H2,1-2H3/t17-,18-/m0/s1. The fraction of sp³-hybridized carbons (Fsp3) is 0.375. The lowest BCUT2D eigenvalue weighted by Gasteiger charge is -2.34. The minimum atomic E-state index is 0.188. The van der Waals surface area contributed by atoms with Crippen LogP contribution in [0.3, 0.4) is 0 Å². The number of rotatable bonds is 5. The van der Waals surface area contributed by atoms with Crippen molar-refractivity contribution >= 4 is 34.5 Å². The highest BCUT2D eigenvalue weighted by Crippen LogP contribution is 2.28. The van der Waals surface area contributed by atoms with Gasteiger partial charge in [-0.2, -0.15) is 0 Å². The van der Waals surface area contributed by atoms with Crippen LogP contribution in [-0.4, -0.2) is 48.8 Å². The molecule has 31 heavy (non-hydrogen) atoms. The molecule has 0 radical (unpaired) electrons. The van der Waals surface area contributed by atoms with Gasteiger partial charge in [0.25, 0.3) is 0 Å². The van der Waals surface area contributed by atoms with Crippen molar-refractivity contribution in [1.29, 1.82) is 0 Å². The zero-order chi connectivity index (χ0) is 21.4. The van der Waals surface area contributed by atoms with Gasteiger partial charge in [0.15, 0.2) is 5.16 Å². The minimum absolute atomic E-state index is 0.188. The molecule has 6 nitrogen and oxygen atoms in total. The van der Waals surface area contributed by atoms with Crippen molar-refractivity contribution < 1.29 is 4.79 Å². The number of hydrogen-bond donors (Lipinski definition) is 0. The van der Waals surface area contributed by atoms with E-state index >= 15 is 0 Å². The summed E-state index contributed by atoms with van der Waals surface area (Å²) in [6.45, 7) is 6.90. The summed E-state index contributed by atoms with van der Waals surface area (Å²) in [6.07, 6.45) is 1.20. The second kappa shape index (κ2) is 8.38. The van der Waals surface area contributed by atoms with E-state index in [0.29, 0.717) is 17.6 Å². The van der Waals surface area contributed by atoms with Crippen molar-refractivity contribution in [2.45, 2.75) is 32.0 Å². The predicted molar refractivity (Wildman–Crippen MR) is 124 cm³/mol. The number of thioether (sulfide) groups is 1. The number of hydrogen-bond acceptors (Lipinski definition) is 4. The highest BCUT2D eigenvalue weighted by Gasteiger charge is 2.26. The van der Waals surface area contributed by atoms with Gasteiger partial charge in [0.05, 0.1) is 23.3 Å². The number of para-hydroxylation sites is 2. The third kappa shape index (κ3) is 3.94. The van der Waals surface area contributed by atoms with Gasteiger partial charge in [-0.05, 0) is 36.0 Å². The first-order valence-corrected chi connectivity index (χ1v) is 11.9. The fourth-order valence-electron chi connectivity index (χ4n) is 4.74. The molecule has 5 rings (SSSR count). The van der Waals surface area contributed by atoms with Crippen LogP contribution in [0.4, 0.5) is 0 Å². The molecule has 160 valence electrons. The number of nitrogens with zero attached hydrogens (tertiary/aromatic N) is 5. The van der Waals surface area contributed by atoms with Crippen molar-refractivity contribution in [3.8, 4) is 0 Å². The van der Waals surface area contributed by atoms with E-state index in [1.165, 1.54) is 23.7 Å². The maximum absolute atomic E-state index is 12.9. The molecule has 1 amide bonds. The van der Waals surface area contributed by atoms with Crippen molar-refractivity contribution in [2.75, 3.05) is 18.8 Å². The van der Waals surface area contributed by atoms with E-state index in [2.05, 4.69) is 69.4 Å². The normalized spacial score (nSPS) is 19.4. The first-order chi connectivity index (χ1) is 15.1. The summed E-state index contributed by atoms with van der Waals surface area (Å²) in [7, 11) is 0. The van der Waals surface area contributed by atoms with Gasteiger partial charge in [0.1, 0.15) is 0 Å². The summed E-state index contributed by atoms with van der Waals surface area (Å²) in [5, 5.41) is 9.70. The van der Waals surface area contributed by atoms with Gasteiger partial charge in [0.2, 0.25) is 11.7 Å². The molecule has 2 aromatic carbocycles. The number of carbonyl (C=O) groups is 1. The maximum Gasteiger partial charge on any atom is 0.237 e. The summed E-state index contributed by atoms with van der Waals surface area (Å²) in [6, 6.07) is 18.7. The number of aromatic nitrogens is 4. The van der Waals surface area contributed by atoms with Crippen LogP contribution in [0.25, 0.3) is 16.8 Å². The van der Waals surface area contributed by atoms with Crippen molar-refractivity contribution in [1.82, 2.24) is 24.1 Å². The Morgan fingerprint density at radius 1 is 0.968 bits per heavy atom. The van der Waals surface area contributed by atoms with Gasteiger partial charge in [0, 0.05) is 13.1 Å². The topological polar surface area (TPSA) is 55.4 Å². The molecule has 0 unspecified atom stereocenters. The van der Waals surface area contributed by atoms with E-state index in [9.17, 15) is 4.79 Å². The quantitative estimate of drug-likeness (QED) is 0.440. The fourth-order valence-corrected chi connectivity index (χ4v) is 5.58. The lowest BCUT2D eigenvalue weighted by atomic mass is 9.92. The van der Waals surface area contributed by atoms with Crippen LogP contribution in [-0.2, 0) is 11.3 Å². The molecular formula is C24H27N5OS. The number of imidazole rings is 1. The molecule has 1 saturated heterocycles. The molecule has 7 heteroatoms. The second-order valence-corrected chi connectivity index (χ2v) is 9.65. The number of fused-ring (bicyclic) bond motifs is 3. The third-order valence-electron chi connectivity index (χ3n) is 6.00. The molecule has 4 aromatic rings. The lowest BCUT2D eigenvalue weighted by Crippen LogP contribution is -2.43. The van der Waals surface area contributed by atoms with E-state index in [4.69, 9.17) is 0 Å². The zero-order valence-corrected chi connectivity index (χ0v) is 18.8. The molecule has 0 saturated carbocycles. The Morgan fingerprint density at radius 2 is 1.65 bits per heavy atom. The predicted octanol–water partition coefficient (Wildman–Crippen LogP) is 4.33. The number of carbonyl (C=O) groups excluding carboxylic acids is 1. The van der Waals surface area contributed by atoms with Gasteiger partial charge < -0.3 is 9.47 Å². The van der Waals surface area contributed by atoms with E-state index in [-0.39, 0.29) is 5.91 Å². The monoisotopic (exact) mass is 433 g/mol. The highest BCUT2D eigenvalue weighted by atomic mass is 32.2.